The highest BCUT2D eigenvalue weighted by molar-refractivity contribution is 5.79. The van der Waals surface area contributed by atoms with Crippen molar-refractivity contribution in [3.8, 4) is 0 Å². The van der Waals surface area contributed by atoms with E-state index >= 15 is 0 Å². The molecule has 1 rings (SSSR count). The van der Waals surface area contributed by atoms with Gasteiger partial charge in [-0.1, -0.05) is 13.8 Å². The zero-order valence-corrected chi connectivity index (χ0v) is 11.6. The number of carbonyl (C=O) groups is 1. The number of nitrogens with zero attached hydrogens (tertiary/aromatic N) is 2. The first kappa shape index (κ1) is 14.7. The number of amides is 1. The van der Waals surface area contributed by atoms with Gasteiger partial charge >= 0.3 is 0 Å². The Morgan fingerprint density at radius 1 is 1.56 bits per heavy atom. The third-order valence-corrected chi connectivity index (χ3v) is 3.00. The second kappa shape index (κ2) is 7.16. The van der Waals surface area contributed by atoms with Gasteiger partial charge in [-0.05, 0) is 24.8 Å². The van der Waals surface area contributed by atoms with Crippen molar-refractivity contribution in [3.63, 3.8) is 0 Å². The Hall–Kier alpha value is -1.36. The largest absolute Gasteiger partial charge is 0.356 e. The van der Waals surface area contributed by atoms with Crippen molar-refractivity contribution in [2.24, 2.45) is 18.7 Å². The van der Waals surface area contributed by atoms with Crippen LogP contribution in [0.2, 0.25) is 0 Å². The van der Waals surface area contributed by atoms with Crippen LogP contribution in [-0.2, 0) is 24.7 Å². The number of hydrogen-bond donors (Lipinski definition) is 2. The lowest BCUT2D eigenvalue weighted by molar-refractivity contribution is -0.124. The number of rotatable bonds is 7. The monoisotopic (exact) mass is 252 g/mol. The summed E-state index contributed by atoms with van der Waals surface area (Å²) in [6, 6.07) is 0. The number of aromatic nitrogens is 2. The number of carbonyl (C=O) groups excluding carboxylic acids is 1. The van der Waals surface area contributed by atoms with E-state index < -0.39 is 0 Å². The van der Waals surface area contributed by atoms with Gasteiger partial charge in [-0.15, -0.1) is 0 Å². The van der Waals surface area contributed by atoms with Gasteiger partial charge in [0, 0.05) is 26.3 Å². The van der Waals surface area contributed by atoms with Gasteiger partial charge in [-0.2, -0.15) is 5.10 Å². The van der Waals surface area contributed by atoms with Crippen molar-refractivity contribution in [1.29, 1.82) is 0 Å². The van der Waals surface area contributed by atoms with Crippen molar-refractivity contribution in [1.82, 2.24) is 15.1 Å². The molecule has 0 aliphatic rings. The Balaban J connectivity index is 2.69. The van der Waals surface area contributed by atoms with Crippen LogP contribution in [0.4, 0.5) is 0 Å². The van der Waals surface area contributed by atoms with E-state index in [1.54, 1.807) is 4.68 Å². The number of nitrogens with one attached hydrogen (secondary N) is 1. The second-order valence-corrected chi connectivity index (χ2v) is 4.56. The van der Waals surface area contributed by atoms with E-state index in [9.17, 15) is 4.79 Å². The Morgan fingerprint density at radius 2 is 2.28 bits per heavy atom. The fourth-order valence-corrected chi connectivity index (χ4v) is 1.99. The van der Waals surface area contributed by atoms with Crippen LogP contribution in [0.15, 0.2) is 6.20 Å². The minimum absolute atomic E-state index is 0.0465. The molecule has 0 saturated heterocycles. The summed E-state index contributed by atoms with van der Waals surface area (Å²) in [5.74, 6) is -0.115. The number of hydrogen-bond acceptors (Lipinski definition) is 3. The van der Waals surface area contributed by atoms with Crippen LogP contribution in [0.1, 0.15) is 31.5 Å². The normalized spacial score (nSPS) is 12.4. The van der Waals surface area contributed by atoms with Gasteiger partial charge in [0.25, 0.3) is 0 Å². The molecule has 1 atom stereocenters. The van der Waals surface area contributed by atoms with E-state index in [1.165, 1.54) is 0 Å². The van der Waals surface area contributed by atoms with Crippen LogP contribution in [0.3, 0.4) is 0 Å². The summed E-state index contributed by atoms with van der Waals surface area (Å²) in [6.07, 6.45) is 4.47. The molecule has 0 bridgehead atoms. The maximum atomic E-state index is 11.9. The third kappa shape index (κ3) is 3.84. The van der Waals surface area contributed by atoms with Crippen LogP contribution in [-0.4, -0.2) is 28.8 Å². The summed E-state index contributed by atoms with van der Waals surface area (Å²) >= 11 is 0. The van der Waals surface area contributed by atoms with Gasteiger partial charge in [-0.3, -0.25) is 9.48 Å². The lowest BCUT2D eigenvalue weighted by Gasteiger charge is -2.14. The lowest BCUT2D eigenvalue weighted by Crippen LogP contribution is -2.36. The molecule has 0 fully saturated rings. The highest BCUT2D eigenvalue weighted by Gasteiger charge is 2.19. The highest BCUT2D eigenvalue weighted by Crippen LogP contribution is 2.13. The SMILES string of the molecule is CCCNC(=O)C(CN)Cc1cn(C)nc1CC. The van der Waals surface area contributed by atoms with Gasteiger partial charge < -0.3 is 11.1 Å². The Morgan fingerprint density at radius 3 is 2.83 bits per heavy atom. The molecule has 0 aromatic carbocycles. The van der Waals surface area contributed by atoms with Crippen molar-refractivity contribution in [2.45, 2.75) is 33.1 Å². The summed E-state index contributed by atoms with van der Waals surface area (Å²) in [6.45, 7) is 5.19. The summed E-state index contributed by atoms with van der Waals surface area (Å²) in [7, 11) is 1.90. The maximum Gasteiger partial charge on any atom is 0.224 e. The summed E-state index contributed by atoms with van der Waals surface area (Å²) in [5.41, 5.74) is 7.89. The van der Waals surface area contributed by atoms with Crippen LogP contribution in [0.25, 0.3) is 0 Å². The molecule has 1 aromatic heterocycles. The zero-order valence-electron chi connectivity index (χ0n) is 11.6. The number of nitrogens with two attached hydrogens (primary N) is 1. The molecule has 5 heteroatoms. The molecule has 0 radical (unpaired) electrons. The maximum absolute atomic E-state index is 11.9. The van der Waals surface area contributed by atoms with Gasteiger partial charge in [0.2, 0.25) is 5.91 Å². The summed E-state index contributed by atoms with van der Waals surface area (Å²) < 4.78 is 1.80. The fourth-order valence-electron chi connectivity index (χ4n) is 1.99. The predicted molar refractivity (Wildman–Crippen MR) is 72.1 cm³/mol. The average molecular weight is 252 g/mol. The van der Waals surface area contributed by atoms with Crippen molar-refractivity contribution >= 4 is 5.91 Å². The molecule has 0 aliphatic heterocycles. The van der Waals surface area contributed by atoms with Crippen LogP contribution >= 0.6 is 0 Å². The minimum atomic E-state index is -0.161. The standard InChI is InChI=1S/C13H24N4O/c1-4-6-15-13(18)10(8-14)7-11-9-17(3)16-12(11)5-2/h9-10H,4-8,14H2,1-3H3,(H,15,18). The smallest absolute Gasteiger partial charge is 0.224 e. The molecule has 1 unspecified atom stereocenters. The average Bonchev–Trinajstić information content (AvgIpc) is 2.73. The van der Waals surface area contributed by atoms with Gasteiger partial charge in [0.15, 0.2) is 0 Å². The molecule has 1 aromatic rings. The zero-order chi connectivity index (χ0) is 13.5. The topological polar surface area (TPSA) is 72.9 Å². The molecule has 0 spiro atoms. The molecule has 18 heavy (non-hydrogen) atoms. The van der Waals surface area contributed by atoms with Crippen LogP contribution in [0, 0.1) is 5.92 Å². The Bertz CT molecular complexity index is 386. The summed E-state index contributed by atoms with van der Waals surface area (Å²) in [4.78, 5) is 11.9. The molecule has 0 saturated carbocycles. The van der Waals surface area contributed by atoms with E-state index in [1.807, 2.05) is 20.2 Å². The van der Waals surface area contributed by atoms with Gasteiger partial charge in [0.1, 0.15) is 0 Å². The van der Waals surface area contributed by atoms with Crippen LogP contribution < -0.4 is 11.1 Å². The lowest BCUT2D eigenvalue weighted by atomic mass is 9.98. The minimum Gasteiger partial charge on any atom is -0.356 e. The van der Waals surface area contributed by atoms with E-state index in [-0.39, 0.29) is 11.8 Å². The highest BCUT2D eigenvalue weighted by atomic mass is 16.1. The second-order valence-electron chi connectivity index (χ2n) is 4.56. The molecule has 1 amide bonds. The van der Waals surface area contributed by atoms with Gasteiger partial charge in [-0.25, -0.2) is 0 Å². The third-order valence-electron chi connectivity index (χ3n) is 3.00. The molecule has 1 heterocycles. The summed E-state index contributed by atoms with van der Waals surface area (Å²) in [5, 5.41) is 7.28. The van der Waals surface area contributed by atoms with E-state index in [0.717, 1.165) is 24.1 Å². The van der Waals surface area contributed by atoms with E-state index in [2.05, 4.69) is 17.3 Å². The quantitative estimate of drug-likeness (QED) is 0.747. The molecule has 5 nitrogen and oxygen atoms in total. The molecular formula is C13H24N4O. The molecule has 3 N–H and O–H groups in total. The number of aryl methyl sites for hydroxylation is 2. The first-order valence-corrected chi connectivity index (χ1v) is 6.61. The van der Waals surface area contributed by atoms with E-state index in [0.29, 0.717) is 19.5 Å². The van der Waals surface area contributed by atoms with Gasteiger partial charge in [0.05, 0.1) is 11.6 Å². The van der Waals surface area contributed by atoms with Crippen molar-refractivity contribution in [2.75, 3.05) is 13.1 Å². The molecular weight excluding hydrogens is 228 g/mol. The fraction of sp³-hybridized carbons (Fsp3) is 0.692. The molecule has 0 aliphatic carbocycles. The van der Waals surface area contributed by atoms with Crippen LogP contribution in [0.5, 0.6) is 0 Å². The molecule has 102 valence electrons. The first-order valence-electron chi connectivity index (χ1n) is 6.61. The van der Waals surface area contributed by atoms with Crippen molar-refractivity contribution in [3.05, 3.63) is 17.5 Å². The Labute approximate surface area is 109 Å². The first-order chi connectivity index (χ1) is 8.62. The van der Waals surface area contributed by atoms with E-state index in [4.69, 9.17) is 5.73 Å². The van der Waals surface area contributed by atoms with Crippen molar-refractivity contribution < 1.29 is 4.79 Å². The predicted octanol–water partition coefficient (Wildman–Crippen LogP) is 0.626. The Kier molecular flexibility index (Phi) is 5.85.